The van der Waals surface area contributed by atoms with Gasteiger partial charge in [-0.1, -0.05) is 6.07 Å². The summed E-state index contributed by atoms with van der Waals surface area (Å²) in [5.41, 5.74) is 0. The van der Waals surface area contributed by atoms with Crippen molar-refractivity contribution in [3.63, 3.8) is 0 Å². The maximum absolute atomic E-state index is 10.8. The number of carbonyl (C=O) groups is 1. The van der Waals surface area contributed by atoms with Crippen molar-refractivity contribution in [3.05, 3.63) is 24.0 Å². The van der Waals surface area contributed by atoms with E-state index < -0.39 is 11.9 Å². The third-order valence-corrected chi connectivity index (χ3v) is 2.10. The van der Waals surface area contributed by atoms with E-state index in [1.54, 1.807) is 18.2 Å². The predicted molar refractivity (Wildman–Crippen MR) is 51.4 cm³/mol. The minimum atomic E-state index is -1.25. The molecule has 0 fully saturated rings. The molecule has 2 aromatic rings. The van der Waals surface area contributed by atoms with Gasteiger partial charge in [-0.3, -0.25) is 0 Å². The van der Waals surface area contributed by atoms with E-state index in [9.17, 15) is 9.90 Å². The normalized spacial score (nSPS) is 10.5. The van der Waals surface area contributed by atoms with E-state index in [2.05, 4.69) is 0 Å². The molecule has 1 aromatic carbocycles. The smallest absolute Gasteiger partial charge is 0.372 e. The molecule has 2 rings (SSSR count). The van der Waals surface area contributed by atoms with Crippen LogP contribution in [0.15, 0.2) is 22.6 Å². The number of rotatable bonds is 2. The van der Waals surface area contributed by atoms with Gasteiger partial charge in [-0.25, -0.2) is 4.79 Å². The molecule has 0 aliphatic rings. The van der Waals surface area contributed by atoms with Gasteiger partial charge in [0, 0.05) is 0 Å². The number of methoxy groups -OCH3 is 1. The standard InChI is InChI=1S/C10H8O5/c1-14-6-4-2-3-5-7(6)8(9(11)12)15-10(5)13/h2-4,13H,1H3,(H,11,12). The number of furan rings is 1. The second-order valence-electron chi connectivity index (χ2n) is 2.92. The zero-order chi connectivity index (χ0) is 11.0. The van der Waals surface area contributed by atoms with Crippen molar-refractivity contribution in [2.75, 3.05) is 7.11 Å². The monoisotopic (exact) mass is 208 g/mol. The van der Waals surface area contributed by atoms with Gasteiger partial charge in [0.05, 0.1) is 17.9 Å². The molecule has 0 atom stereocenters. The third kappa shape index (κ3) is 1.28. The van der Waals surface area contributed by atoms with Gasteiger partial charge < -0.3 is 19.4 Å². The van der Waals surface area contributed by atoms with E-state index >= 15 is 0 Å². The van der Waals surface area contributed by atoms with E-state index in [0.717, 1.165) is 0 Å². The summed E-state index contributed by atoms with van der Waals surface area (Å²) >= 11 is 0. The second-order valence-corrected chi connectivity index (χ2v) is 2.92. The Kier molecular flexibility index (Phi) is 2.00. The number of aromatic carboxylic acids is 1. The summed E-state index contributed by atoms with van der Waals surface area (Å²) in [6.07, 6.45) is 0. The minimum absolute atomic E-state index is 0.269. The summed E-state index contributed by atoms with van der Waals surface area (Å²) in [6, 6.07) is 4.80. The topological polar surface area (TPSA) is 79.9 Å². The average Bonchev–Trinajstić information content (AvgIpc) is 2.56. The number of carboxylic acid groups (broad SMARTS) is 1. The van der Waals surface area contributed by atoms with Crippen molar-refractivity contribution in [3.8, 4) is 11.7 Å². The van der Waals surface area contributed by atoms with Crippen LogP contribution in [-0.4, -0.2) is 23.3 Å². The lowest BCUT2D eigenvalue weighted by Crippen LogP contribution is -1.95. The first-order valence-electron chi connectivity index (χ1n) is 4.17. The zero-order valence-electron chi connectivity index (χ0n) is 7.85. The van der Waals surface area contributed by atoms with Crippen molar-refractivity contribution in [2.45, 2.75) is 0 Å². The number of hydrogen-bond acceptors (Lipinski definition) is 4. The highest BCUT2D eigenvalue weighted by molar-refractivity contribution is 6.06. The molecule has 15 heavy (non-hydrogen) atoms. The van der Waals surface area contributed by atoms with Crippen LogP contribution in [0.2, 0.25) is 0 Å². The number of benzene rings is 1. The van der Waals surface area contributed by atoms with Gasteiger partial charge in [-0.2, -0.15) is 0 Å². The van der Waals surface area contributed by atoms with Crippen LogP contribution in [-0.2, 0) is 0 Å². The molecule has 2 N–H and O–H groups in total. The van der Waals surface area contributed by atoms with Crippen molar-refractivity contribution in [2.24, 2.45) is 0 Å². The molecule has 0 aliphatic carbocycles. The molecule has 0 amide bonds. The summed E-state index contributed by atoms with van der Waals surface area (Å²) < 4.78 is 9.74. The minimum Gasteiger partial charge on any atom is -0.496 e. The predicted octanol–water partition coefficient (Wildman–Crippen LogP) is 1.85. The molecule has 0 spiro atoms. The van der Waals surface area contributed by atoms with Crippen LogP contribution in [0, 0.1) is 0 Å². The van der Waals surface area contributed by atoms with Crippen molar-refractivity contribution in [1.82, 2.24) is 0 Å². The Hall–Kier alpha value is -2.17. The first-order chi connectivity index (χ1) is 7.15. The molecule has 0 unspecified atom stereocenters. The first-order valence-corrected chi connectivity index (χ1v) is 4.17. The second kappa shape index (κ2) is 3.20. The number of fused-ring (bicyclic) bond motifs is 1. The summed E-state index contributed by atoms with van der Waals surface area (Å²) in [4.78, 5) is 10.8. The van der Waals surface area contributed by atoms with Crippen LogP contribution in [0.3, 0.4) is 0 Å². The molecule has 0 saturated heterocycles. The number of hydrogen-bond donors (Lipinski definition) is 2. The largest absolute Gasteiger partial charge is 0.496 e. The molecule has 1 heterocycles. The van der Waals surface area contributed by atoms with E-state index in [4.69, 9.17) is 14.3 Å². The van der Waals surface area contributed by atoms with E-state index in [-0.39, 0.29) is 11.1 Å². The van der Waals surface area contributed by atoms with E-state index in [1.165, 1.54) is 7.11 Å². The molecule has 0 radical (unpaired) electrons. The van der Waals surface area contributed by atoms with Crippen molar-refractivity contribution < 1.29 is 24.2 Å². The molecule has 0 bridgehead atoms. The summed E-state index contributed by atoms with van der Waals surface area (Å²) in [5, 5.41) is 18.8. The van der Waals surface area contributed by atoms with Gasteiger partial charge in [-0.05, 0) is 12.1 Å². The quantitative estimate of drug-likeness (QED) is 0.787. The Bertz CT molecular complexity index is 526. The summed E-state index contributed by atoms with van der Waals surface area (Å²) in [6.45, 7) is 0. The highest BCUT2D eigenvalue weighted by Gasteiger charge is 2.21. The fourth-order valence-corrected chi connectivity index (χ4v) is 1.47. The van der Waals surface area contributed by atoms with Gasteiger partial charge in [-0.15, -0.1) is 0 Å². The molecular formula is C10H8O5. The Labute approximate surface area is 84.5 Å². The van der Waals surface area contributed by atoms with Crippen LogP contribution in [0.1, 0.15) is 10.6 Å². The Morgan fingerprint density at radius 2 is 2.20 bits per heavy atom. The zero-order valence-corrected chi connectivity index (χ0v) is 7.85. The molecule has 5 nitrogen and oxygen atoms in total. The highest BCUT2D eigenvalue weighted by Crippen LogP contribution is 2.37. The summed E-state index contributed by atoms with van der Waals surface area (Å²) in [5.74, 6) is -1.62. The molecule has 78 valence electrons. The maximum atomic E-state index is 10.8. The lowest BCUT2D eigenvalue weighted by Gasteiger charge is -2.00. The fourth-order valence-electron chi connectivity index (χ4n) is 1.47. The third-order valence-electron chi connectivity index (χ3n) is 2.10. The number of ether oxygens (including phenoxy) is 1. The molecular weight excluding hydrogens is 200 g/mol. The van der Waals surface area contributed by atoms with Crippen LogP contribution < -0.4 is 4.74 Å². The lowest BCUT2D eigenvalue weighted by atomic mass is 10.1. The van der Waals surface area contributed by atoms with E-state index in [0.29, 0.717) is 11.1 Å². The van der Waals surface area contributed by atoms with Crippen LogP contribution in [0.4, 0.5) is 0 Å². The van der Waals surface area contributed by atoms with E-state index in [1.807, 2.05) is 0 Å². The molecule has 0 aliphatic heterocycles. The SMILES string of the molecule is COc1cccc2c(O)oc(C(=O)O)c12. The number of aromatic hydroxyl groups is 1. The summed E-state index contributed by atoms with van der Waals surface area (Å²) in [7, 11) is 1.42. The van der Waals surface area contributed by atoms with Gasteiger partial charge in [0.15, 0.2) is 0 Å². The Balaban J connectivity index is 2.88. The Morgan fingerprint density at radius 3 is 2.80 bits per heavy atom. The van der Waals surface area contributed by atoms with Crippen molar-refractivity contribution in [1.29, 1.82) is 0 Å². The Morgan fingerprint density at radius 1 is 1.47 bits per heavy atom. The molecule has 5 heteroatoms. The fraction of sp³-hybridized carbons (Fsp3) is 0.100. The molecule has 0 saturated carbocycles. The van der Waals surface area contributed by atoms with Gasteiger partial charge in [0.2, 0.25) is 5.76 Å². The molecule has 1 aromatic heterocycles. The highest BCUT2D eigenvalue weighted by atomic mass is 16.5. The van der Waals surface area contributed by atoms with Gasteiger partial charge in [0.25, 0.3) is 5.95 Å². The van der Waals surface area contributed by atoms with Crippen molar-refractivity contribution >= 4 is 16.7 Å². The van der Waals surface area contributed by atoms with Crippen LogP contribution >= 0.6 is 0 Å². The maximum Gasteiger partial charge on any atom is 0.372 e. The van der Waals surface area contributed by atoms with Gasteiger partial charge >= 0.3 is 5.97 Å². The first kappa shape index (κ1) is 9.39. The average molecular weight is 208 g/mol. The van der Waals surface area contributed by atoms with Gasteiger partial charge in [0.1, 0.15) is 5.75 Å². The number of carboxylic acids is 1. The lowest BCUT2D eigenvalue weighted by molar-refractivity contribution is 0.0658. The van der Waals surface area contributed by atoms with Crippen LogP contribution in [0.5, 0.6) is 11.7 Å². The van der Waals surface area contributed by atoms with Crippen LogP contribution in [0.25, 0.3) is 10.8 Å².